The maximum Gasteiger partial charge on any atom is 0.306 e. The minimum Gasteiger partial charge on any atom is -0.462 e. The van der Waals surface area contributed by atoms with Crippen LogP contribution in [0.4, 0.5) is 0 Å². The highest BCUT2D eigenvalue weighted by Crippen LogP contribution is 2.13. The smallest absolute Gasteiger partial charge is 0.306 e. The fourth-order valence-electron chi connectivity index (χ4n) is 6.65. The van der Waals surface area contributed by atoms with Gasteiger partial charge in [-0.2, -0.15) is 0 Å². The van der Waals surface area contributed by atoms with E-state index in [4.69, 9.17) is 14.2 Å². The van der Waals surface area contributed by atoms with Crippen LogP contribution in [-0.4, -0.2) is 37.2 Å². The van der Waals surface area contributed by atoms with Gasteiger partial charge in [0.25, 0.3) is 0 Å². The lowest BCUT2D eigenvalue weighted by Crippen LogP contribution is -2.30. The topological polar surface area (TPSA) is 78.9 Å². The van der Waals surface area contributed by atoms with Crippen molar-refractivity contribution in [3.8, 4) is 0 Å². The molecule has 0 aliphatic carbocycles. The molecule has 0 aromatic heterocycles. The Morgan fingerprint density at radius 1 is 0.333 bits per heavy atom. The normalized spacial score (nSPS) is 12.7. The molecule has 0 N–H and O–H groups in total. The number of allylic oxidation sites excluding steroid dienone is 12. The van der Waals surface area contributed by atoms with Gasteiger partial charge >= 0.3 is 17.9 Å². The lowest BCUT2D eigenvalue weighted by Gasteiger charge is -2.18. The Labute approximate surface area is 370 Å². The maximum absolute atomic E-state index is 12.7. The quantitative estimate of drug-likeness (QED) is 0.0200. The molecule has 0 spiro atoms. The summed E-state index contributed by atoms with van der Waals surface area (Å²) in [6, 6.07) is 0. The Balaban J connectivity index is 4.45. The van der Waals surface area contributed by atoms with Crippen LogP contribution in [0.25, 0.3) is 0 Å². The van der Waals surface area contributed by atoms with E-state index in [1.807, 2.05) is 0 Å². The second-order valence-electron chi connectivity index (χ2n) is 16.5. The second kappa shape index (κ2) is 48.5. The van der Waals surface area contributed by atoms with Crippen molar-refractivity contribution in [2.24, 2.45) is 0 Å². The Morgan fingerprint density at radius 3 is 1.05 bits per heavy atom. The first-order valence-electron chi connectivity index (χ1n) is 25.0. The van der Waals surface area contributed by atoms with Crippen LogP contribution < -0.4 is 0 Å². The van der Waals surface area contributed by atoms with Gasteiger partial charge in [0.05, 0.1) is 0 Å². The molecule has 1 atom stereocenters. The first-order chi connectivity index (χ1) is 29.5. The van der Waals surface area contributed by atoms with Gasteiger partial charge in [0.15, 0.2) is 6.10 Å². The van der Waals surface area contributed by atoms with Gasteiger partial charge in [0.1, 0.15) is 13.2 Å². The predicted molar refractivity (Wildman–Crippen MR) is 256 cm³/mol. The highest BCUT2D eigenvalue weighted by atomic mass is 16.6. The van der Waals surface area contributed by atoms with Crippen molar-refractivity contribution >= 4 is 17.9 Å². The number of carbonyl (C=O) groups is 3. The van der Waals surface area contributed by atoms with Crippen molar-refractivity contribution in [2.45, 2.75) is 239 Å². The number of carbonyl (C=O) groups excluding carboxylic acids is 3. The summed E-state index contributed by atoms with van der Waals surface area (Å²) in [5.41, 5.74) is 0. The standard InChI is InChI=1S/C54H92O6/c1-4-7-10-13-16-19-22-24-25-26-27-28-30-32-35-38-41-44-47-53(56)59-50-51(49-58-52(55)46-43-40-37-34-31-21-18-15-12-9-6-3)60-54(57)48-45-42-39-36-33-29-23-20-17-14-11-8-5-2/h15,18,21-22,24-29,31,33,51H,4-14,16-17,19-20,23,30,32,34-50H2,1-3H3/b18-15-,24-22-,26-25-,28-27-,31-21-,33-29-. The third kappa shape index (κ3) is 45.9. The van der Waals surface area contributed by atoms with E-state index in [1.54, 1.807) is 0 Å². The Kier molecular flexibility index (Phi) is 46.0. The lowest BCUT2D eigenvalue weighted by atomic mass is 10.1. The molecular weight excluding hydrogens is 745 g/mol. The fourth-order valence-corrected chi connectivity index (χ4v) is 6.65. The zero-order valence-corrected chi connectivity index (χ0v) is 39.2. The molecule has 0 amide bonds. The monoisotopic (exact) mass is 837 g/mol. The predicted octanol–water partition coefficient (Wildman–Crippen LogP) is 16.3. The van der Waals surface area contributed by atoms with E-state index in [-0.39, 0.29) is 31.1 Å². The number of esters is 3. The van der Waals surface area contributed by atoms with Crippen molar-refractivity contribution in [1.29, 1.82) is 0 Å². The number of rotatable bonds is 44. The van der Waals surface area contributed by atoms with E-state index in [1.165, 1.54) is 83.5 Å². The molecule has 0 fully saturated rings. The zero-order valence-electron chi connectivity index (χ0n) is 39.2. The van der Waals surface area contributed by atoms with Gasteiger partial charge in [-0.05, 0) is 89.9 Å². The van der Waals surface area contributed by atoms with Crippen molar-refractivity contribution < 1.29 is 28.6 Å². The first kappa shape index (κ1) is 56.9. The molecule has 0 saturated heterocycles. The van der Waals surface area contributed by atoms with Crippen LogP contribution in [0.3, 0.4) is 0 Å². The lowest BCUT2D eigenvalue weighted by molar-refractivity contribution is -0.167. The van der Waals surface area contributed by atoms with E-state index in [2.05, 4.69) is 93.7 Å². The molecule has 0 bridgehead atoms. The summed E-state index contributed by atoms with van der Waals surface area (Å²) >= 11 is 0. The minimum atomic E-state index is -0.801. The molecule has 60 heavy (non-hydrogen) atoms. The van der Waals surface area contributed by atoms with Crippen LogP contribution >= 0.6 is 0 Å². The van der Waals surface area contributed by atoms with Gasteiger partial charge in [-0.15, -0.1) is 0 Å². The summed E-state index contributed by atoms with van der Waals surface area (Å²) in [6.07, 6.45) is 60.3. The number of hydrogen-bond acceptors (Lipinski definition) is 6. The van der Waals surface area contributed by atoms with E-state index < -0.39 is 6.10 Å². The van der Waals surface area contributed by atoms with Crippen molar-refractivity contribution in [2.75, 3.05) is 13.2 Å². The first-order valence-corrected chi connectivity index (χ1v) is 25.0. The molecule has 0 rings (SSSR count). The average molecular weight is 837 g/mol. The molecule has 0 aliphatic rings. The molecule has 1 unspecified atom stereocenters. The van der Waals surface area contributed by atoms with Gasteiger partial charge in [0.2, 0.25) is 0 Å². The summed E-state index contributed by atoms with van der Waals surface area (Å²) in [5.74, 6) is -0.966. The minimum absolute atomic E-state index is 0.101. The largest absolute Gasteiger partial charge is 0.462 e. The van der Waals surface area contributed by atoms with Crippen LogP contribution in [0.1, 0.15) is 233 Å². The summed E-state index contributed by atoms with van der Waals surface area (Å²) in [5, 5.41) is 0. The van der Waals surface area contributed by atoms with Gasteiger partial charge in [-0.1, -0.05) is 196 Å². The average Bonchev–Trinajstić information content (AvgIpc) is 3.24. The molecule has 0 saturated carbocycles. The van der Waals surface area contributed by atoms with Crippen LogP contribution in [-0.2, 0) is 28.6 Å². The molecule has 6 heteroatoms. The third-order valence-electron chi connectivity index (χ3n) is 10.5. The van der Waals surface area contributed by atoms with Gasteiger partial charge in [-0.25, -0.2) is 0 Å². The van der Waals surface area contributed by atoms with E-state index >= 15 is 0 Å². The van der Waals surface area contributed by atoms with Crippen molar-refractivity contribution in [3.05, 3.63) is 72.9 Å². The summed E-state index contributed by atoms with van der Waals surface area (Å²) in [4.78, 5) is 37.8. The third-order valence-corrected chi connectivity index (χ3v) is 10.5. The van der Waals surface area contributed by atoms with Crippen LogP contribution in [0.2, 0.25) is 0 Å². The summed E-state index contributed by atoms with van der Waals surface area (Å²) in [6.45, 7) is 6.50. The van der Waals surface area contributed by atoms with Crippen molar-refractivity contribution in [3.63, 3.8) is 0 Å². The molecule has 0 aromatic carbocycles. The highest BCUT2D eigenvalue weighted by Gasteiger charge is 2.19. The molecule has 6 nitrogen and oxygen atoms in total. The molecule has 0 radical (unpaired) electrons. The van der Waals surface area contributed by atoms with E-state index in [0.29, 0.717) is 19.3 Å². The molecule has 344 valence electrons. The van der Waals surface area contributed by atoms with Crippen LogP contribution in [0, 0.1) is 0 Å². The van der Waals surface area contributed by atoms with Gasteiger partial charge in [-0.3, -0.25) is 14.4 Å². The summed E-state index contributed by atoms with van der Waals surface area (Å²) in [7, 11) is 0. The SMILES string of the molecule is CCCC/C=C\C=C/CCCCCC(=O)OCC(COC(=O)CCCCCCC\C=C/C=C\C=C/CCCCCCC)OC(=O)CCCCC/C=C\CCCCCCCC. The zero-order chi connectivity index (χ0) is 43.7. The number of ether oxygens (including phenoxy) is 3. The number of unbranched alkanes of at least 4 members (excludes halogenated alkanes) is 24. The number of hydrogen-bond donors (Lipinski definition) is 0. The Bertz CT molecular complexity index is 1140. The van der Waals surface area contributed by atoms with E-state index in [0.717, 1.165) is 109 Å². The molecule has 0 aromatic rings. The second-order valence-corrected chi connectivity index (χ2v) is 16.5. The Hall–Kier alpha value is -3.15. The Morgan fingerprint density at radius 2 is 0.633 bits per heavy atom. The highest BCUT2D eigenvalue weighted by molar-refractivity contribution is 5.71. The van der Waals surface area contributed by atoms with E-state index in [9.17, 15) is 14.4 Å². The van der Waals surface area contributed by atoms with Crippen molar-refractivity contribution in [1.82, 2.24) is 0 Å². The molecule has 0 heterocycles. The van der Waals surface area contributed by atoms with Crippen LogP contribution in [0.5, 0.6) is 0 Å². The summed E-state index contributed by atoms with van der Waals surface area (Å²) < 4.78 is 16.7. The molecular formula is C54H92O6. The fraction of sp³-hybridized carbons (Fsp3) is 0.722. The van der Waals surface area contributed by atoms with Gasteiger partial charge < -0.3 is 14.2 Å². The molecule has 0 aliphatic heterocycles. The maximum atomic E-state index is 12.7. The van der Waals surface area contributed by atoms with Crippen LogP contribution in [0.15, 0.2) is 72.9 Å². The van der Waals surface area contributed by atoms with Gasteiger partial charge in [0, 0.05) is 19.3 Å².